The summed E-state index contributed by atoms with van der Waals surface area (Å²) < 4.78 is 2.18. The fourth-order valence-electron chi connectivity index (χ4n) is 1.39. The Morgan fingerprint density at radius 3 is 2.50 bits per heavy atom. The number of hydrogen-bond acceptors (Lipinski definition) is 2. The number of hydrogen-bond donors (Lipinski definition) is 1. The van der Waals surface area contributed by atoms with Crippen LogP contribution in [-0.4, -0.2) is 16.6 Å². The summed E-state index contributed by atoms with van der Waals surface area (Å²) in [5.74, 6) is 0. The van der Waals surface area contributed by atoms with Crippen molar-refractivity contribution in [3.8, 4) is 0 Å². The lowest BCUT2D eigenvalue weighted by Crippen LogP contribution is -1.97. The number of fused-ring (bicyclic) bond motifs is 1. The summed E-state index contributed by atoms with van der Waals surface area (Å²) >= 11 is 0. The van der Waals surface area contributed by atoms with E-state index in [1.54, 1.807) is 0 Å². The maximum absolute atomic E-state index is 4.50. The molecule has 76 valence electrons. The average molecular weight is 191 g/mol. The number of nitrogens with two attached hydrogens (primary N) is 1. The highest BCUT2D eigenvalue weighted by Crippen LogP contribution is 2.15. The van der Waals surface area contributed by atoms with Gasteiger partial charge < -0.3 is 10.3 Å². The van der Waals surface area contributed by atoms with Crippen LogP contribution in [0.15, 0.2) is 30.6 Å². The number of nitrogens with zero attached hydrogens (tertiary/aromatic N) is 2. The van der Waals surface area contributed by atoms with E-state index in [9.17, 15) is 0 Å². The van der Waals surface area contributed by atoms with Crippen LogP contribution >= 0.6 is 0 Å². The number of aromatic nitrogens is 2. The van der Waals surface area contributed by atoms with Crippen LogP contribution in [0.25, 0.3) is 11.0 Å². The van der Waals surface area contributed by atoms with E-state index in [1.807, 2.05) is 24.5 Å². The maximum Gasteiger partial charge on any atom is 0.0960 e. The summed E-state index contributed by atoms with van der Waals surface area (Å²) in [6.07, 6.45) is 1.90. The molecule has 3 nitrogen and oxygen atoms in total. The number of rotatable bonds is 1. The third kappa shape index (κ3) is 1.93. The van der Waals surface area contributed by atoms with Crippen molar-refractivity contribution in [1.29, 1.82) is 0 Å². The van der Waals surface area contributed by atoms with Gasteiger partial charge in [0.05, 0.1) is 17.4 Å². The first-order chi connectivity index (χ1) is 6.79. The summed E-state index contributed by atoms with van der Waals surface area (Å²) in [5.41, 5.74) is 6.79. The highest BCUT2D eigenvalue weighted by molar-refractivity contribution is 5.75. The van der Waals surface area contributed by atoms with Crippen LogP contribution in [0.4, 0.5) is 0 Å². The van der Waals surface area contributed by atoms with Gasteiger partial charge in [-0.05, 0) is 33.0 Å². The number of benzene rings is 1. The van der Waals surface area contributed by atoms with Gasteiger partial charge in [-0.25, -0.2) is 4.98 Å². The van der Waals surface area contributed by atoms with Crippen LogP contribution in [0.2, 0.25) is 0 Å². The number of imidazole rings is 1. The molecule has 0 atom stereocenters. The minimum absolute atomic E-state index is 0.484. The van der Waals surface area contributed by atoms with Crippen LogP contribution in [0, 0.1) is 0 Å². The first-order valence-electron chi connectivity index (χ1n) is 4.78. The van der Waals surface area contributed by atoms with Crippen molar-refractivity contribution >= 4 is 11.0 Å². The van der Waals surface area contributed by atoms with Gasteiger partial charge in [0.2, 0.25) is 0 Å². The van der Waals surface area contributed by atoms with Crippen molar-refractivity contribution in [2.75, 3.05) is 7.05 Å². The molecule has 0 aliphatic heterocycles. The van der Waals surface area contributed by atoms with Crippen molar-refractivity contribution in [3.05, 3.63) is 30.6 Å². The van der Waals surface area contributed by atoms with E-state index in [1.165, 1.54) is 12.6 Å². The van der Waals surface area contributed by atoms with Gasteiger partial charge in [0.1, 0.15) is 0 Å². The molecule has 1 aromatic heterocycles. The van der Waals surface area contributed by atoms with Crippen molar-refractivity contribution in [2.24, 2.45) is 5.73 Å². The molecule has 0 saturated heterocycles. The summed E-state index contributed by atoms with van der Waals surface area (Å²) in [6, 6.07) is 8.68. The van der Waals surface area contributed by atoms with Crippen LogP contribution in [-0.2, 0) is 0 Å². The van der Waals surface area contributed by atoms with Gasteiger partial charge in [-0.15, -0.1) is 0 Å². The SMILES string of the molecule is CC(C)n1cnc2ccccc21.CN. The third-order valence-corrected chi connectivity index (χ3v) is 2.04. The van der Waals surface area contributed by atoms with Crippen LogP contribution in [0.1, 0.15) is 19.9 Å². The normalized spacial score (nSPS) is 10.1. The van der Waals surface area contributed by atoms with Crippen molar-refractivity contribution < 1.29 is 0 Å². The molecule has 1 aromatic carbocycles. The fourth-order valence-corrected chi connectivity index (χ4v) is 1.39. The molecule has 14 heavy (non-hydrogen) atoms. The maximum atomic E-state index is 4.50. The molecule has 0 aliphatic rings. The molecule has 2 rings (SSSR count). The Labute approximate surface area is 84.6 Å². The van der Waals surface area contributed by atoms with E-state index in [-0.39, 0.29) is 0 Å². The van der Waals surface area contributed by atoms with Gasteiger partial charge in [0.25, 0.3) is 0 Å². The summed E-state index contributed by atoms with van der Waals surface area (Å²) in [7, 11) is 1.50. The van der Waals surface area contributed by atoms with Gasteiger partial charge in [-0.2, -0.15) is 0 Å². The molecular formula is C11H17N3. The Balaban J connectivity index is 0.000000461. The number of para-hydroxylation sites is 2. The quantitative estimate of drug-likeness (QED) is 0.751. The highest BCUT2D eigenvalue weighted by Gasteiger charge is 2.02. The zero-order valence-electron chi connectivity index (χ0n) is 8.94. The molecule has 0 spiro atoms. The molecule has 2 N–H and O–H groups in total. The van der Waals surface area contributed by atoms with E-state index >= 15 is 0 Å². The Kier molecular flexibility index (Phi) is 3.65. The lowest BCUT2D eigenvalue weighted by Gasteiger charge is -2.06. The Bertz CT molecular complexity index is 390. The zero-order chi connectivity index (χ0) is 10.6. The van der Waals surface area contributed by atoms with Crippen LogP contribution < -0.4 is 5.73 Å². The van der Waals surface area contributed by atoms with E-state index < -0.39 is 0 Å². The lowest BCUT2D eigenvalue weighted by molar-refractivity contribution is 0.617. The molecule has 0 radical (unpaired) electrons. The first-order valence-corrected chi connectivity index (χ1v) is 4.78. The topological polar surface area (TPSA) is 43.8 Å². The van der Waals surface area contributed by atoms with Crippen LogP contribution in [0.3, 0.4) is 0 Å². The lowest BCUT2D eigenvalue weighted by atomic mass is 10.3. The third-order valence-electron chi connectivity index (χ3n) is 2.04. The van der Waals surface area contributed by atoms with Gasteiger partial charge >= 0.3 is 0 Å². The second-order valence-corrected chi connectivity index (χ2v) is 3.23. The Morgan fingerprint density at radius 1 is 1.21 bits per heavy atom. The second-order valence-electron chi connectivity index (χ2n) is 3.23. The largest absolute Gasteiger partial charge is 0.333 e. The van der Waals surface area contributed by atoms with Gasteiger partial charge in [0.15, 0.2) is 0 Å². The molecule has 0 amide bonds. The minimum Gasteiger partial charge on any atom is -0.333 e. The van der Waals surface area contributed by atoms with Gasteiger partial charge in [-0.3, -0.25) is 0 Å². The summed E-state index contributed by atoms with van der Waals surface area (Å²) in [6.45, 7) is 4.32. The highest BCUT2D eigenvalue weighted by atomic mass is 15.1. The molecule has 0 unspecified atom stereocenters. The molecule has 3 heteroatoms. The van der Waals surface area contributed by atoms with Gasteiger partial charge in [-0.1, -0.05) is 12.1 Å². The molecule has 0 bridgehead atoms. The standard InChI is InChI=1S/C10H12N2.CH5N/c1-8(2)12-7-11-9-5-3-4-6-10(9)12;1-2/h3-8H,1-2H3;2H2,1H3. The van der Waals surface area contributed by atoms with Crippen molar-refractivity contribution in [2.45, 2.75) is 19.9 Å². The van der Waals surface area contributed by atoms with E-state index in [0.29, 0.717) is 6.04 Å². The van der Waals surface area contributed by atoms with Crippen molar-refractivity contribution in [3.63, 3.8) is 0 Å². The second kappa shape index (κ2) is 4.77. The monoisotopic (exact) mass is 191 g/mol. The van der Waals surface area contributed by atoms with E-state index in [2.05, 4.69) is 35.2 Å². The predicted molar refractivity (Wildman–Crippen MR) is 60.2 cm³/mol. The zero-order valence-corrected chi connectivity index (χ0v) is 8.94. The summed E-state index contributed by atoms with van der Waals surface area (Å²) in [4.78, 5) is 4.30. The summed E-state index contributed by atoms with van der Waals surface area (Å²) in [5, 5.41) is 0. The molecular weight excluding hydrogens is 174 g/mol. The molecule has 1 heterocycles. The molecule has 2 aromatic rings. The predicted octanol–water partition coefficient (Wildman–Crippen LogP) is 2.19. The average Bonchev–Trinajstić information content (AvgIpc) is 2.64. The first kappa shape index (κ1) is 10.7. The minimum atomic E-state index is 0.484. The van der Waals surface area contributed by atoms with Crippen molar-refractivity contribution in [1.82, 2.24) is 9.55 Å². The fraction of sp³-hybridized carbons (Fsp3) is 0.364. The molecule has 0 aliphatic carbocycles. The Hall–Kier alpha value is -1.35. The molecule has 0 saturated carbocycles. The molecule has 0 fully saturated rings. The van der Waals surface area contributed by atoms with E-state index in [4.69, 9.17) is 0 Å². The van der Waals surface area contributed by atoms with Gasteiger partial charge in [0, 0.05) is 6.04 Å². The van der Waals surface area contributed by atoms with E-state index in [0.717, 1.165) is 5.52 Å². The Morgan fingerprint density at radius 2 is 1.86 bits per heavy atom. The smallest absolute Gasteiger partial charge is 0.0960 e. The van der Waals surface area contributed by atoms with Crippen LogP contribution in [0.5, 0.6) is 0 Å².